The van der Waals surface area contributed by atoms with E-state index in [0.29, 0.717) is 11.8 Å². The number of hydrogen-bond acceptors (Lipinski definition) is 4. The highest BCUT2D eigenvalue weighted by atomic mass is 79.9. The van der Waals surface area contributed by atoms with Crippen LogP contribution in [0, 0.1) is 0 Å². The quantitative estimate of drug-likeness (QED) is 0.841. The molecule has 21 heavy (non-hydrogen) atoms. The fourth-order valence-electron chi connectivity index (χ4n) is 1.57. The number of hydrogen-bond donors (Lipinski definition) is 1. The van der Waals surface area contributed by atoms with E-state index in [1.165, 1.54) is 36.4 Å². The van der Waals surface area contributed by atoms with Crippen molar-refractivity contribution in [2.45, 2.75) is 4.90 Å². The van der Waals surface area contributed by atoms with Crippen molar-refractivity contribution in [2.24, 2.45) is 0 Å². The smallest absolute Gasteiger partial charge is 0.264 e. The Morgan fingerprint density at radius 2 is 1.57 bits per heavy atom. The predicted octanol–water partition coefficient (Wildman–Crippen LogP) is 2.38. The molecule has 7 heteroatoms. The Morgan fingerprint density at radius 1 is 1.00 bits per heavy atom. The topological polar surface area (TPSA) is 80.3 Å². The summed E-state index contributed by atoms with van der Waals surface area (Å²) in [5.74, 6) is -0.754. The molecule has 0 heterocycles. The van der Waals surface area contributed by atoms with Gasteiger partial charge in [0.25, 0.3) is 15.9 Å². The molecule has 0 aliphatic rings. The van der Waals surface area contributed by atoms with Crippen LogP contribution in [0.1, 0.15) is 20.7 Å². The molecule has 0 spiro atoms. The van der Waals surface area contributed by atoms with Gasteiger partial charge in [-0.1, -0.05) is 28.1 Å². The maximum atomic E-state index is 12.0. The number of amides is 1. The summed E-state index contributed by atoms with van der Waals surface area (Å²) in [5, 5.41) is 0. The molecule has 0 saturated carbocycles. The summed E-state index contributed by atoms with van der Waals surface area (Å²) >= 11 is 3.20. The van der Waals surface area contributed by atoms with Crippen molar-refractivity contribution < 1.29 is 18.0 Å². The number of sulfonamides is 1. The minimum absolute atomic E-state index is 0.0106. The van der Waals surface area contributed by atoms with Crippen molar-refractivity contribution in [1.82, 2.24) is 4.72 Å². The van der Waals surface area contributed by atoms with Crippen molar-refractivity contribution in [3.8, 4) is 0 Å². The summed E-state index contributed by atoms with van der Waals surface area (Å²) in [4.78, 5) is 22.4. The molecule has 1 amide bonds. The zero-order valence-electron chi connectivity index (χ0n) is 10.6. The van der Waals surface area contributed by atoms with Crippen LogP contribution in [-0.2, 0) is 10.0 Å². The summed E-state index contributed by atoms with van der Waals surface area (Å²) in [6.45, 7) is 0. The van der Waals surface area contributed by atoms with E-state index in [9.17, 15) is 18.0 Å². The molecule has 2 rings (SSSR count). The molecule has 0 radical (unpaired) electrons. The zero-order valence-corrected chi connectivity index (χ0v) is 13.0. The van der Waals surface area contributed by atoms with E-state index in [2.05, 4.69) is 15.9 Å². The third kappa shape index (κ3) is 3.77. The molecule has 0 saturated heterocycles. The summed E-state index contributed by atoms with van der Waals surface area (Å²) < 4.78 is 26.8. The van der Waals surface area contributed by atoms with Crippen LogP contribution in [0.25, 0.3) is 0 Å². The normalized spacial score (nSPS) is 10.9. The van der Waals surface area contributed by atoms with Crippen molar-refractivity contribution in [3.05, 3.63) is 64.1 Å². The van der Waals surface area contributed by atoms with E-state index in [1.54, 1.807) is 12.1 Å². The van der Waals surface area contributed by atoms with Gasteiger partial charge in [0.2, 0.25) is 0 Å². The van der Waals surface area contributed by atoms with Crippen LogP contribution >= 0.6 is 15.9 Å². The highest BCUT2D eigenvalue weighted by molar-refractivity contribution is 9.10. The average Bonchev–Trinajstić information content (AvgIpc) is 2.47. The molecule has 0 unspecified atom stereocenters. The maximum Gasteiger partial charge on any atom is 0.264 e. The summed E-state index contributed by atoms with van der Waals surface area (Å²) in [6, 6.07) is 11.6. The van der Waals surface area contributed by atoms with Crippen LogP contribution < -0.4 is 4.72 Å². The predicted molar refractivity (Wildman–Crippen MR) is 80.6 cm³/mol. The number of nitrogens with one attached hydrogen (secondary N) is 1. The lowest BCUT2D eigenvalue weighted by Crippen LogP contribution is -2.30. The molecule has 2 aromatic rings. The van der Waals surface area contributed by atoms with E-state index < -0.39 is 15.9 Å². The van der Waals surface area contributed by atoms with Gasteiger partial charge in [0.15, 0.2) is 0 Å². The molecule has 5 nitrogen and oxygen atoms in total. The zero-order chi connectivity index (χ0) is 15.5. The van der Waals surface area contributed by atoms with Gasteiger partial charge in [0.1, 0.15) is 6.29 Å². The number of benzene rings is 2. The molecule has 2 aromatic carbocycles. The van der Waals surface area contributed by atoms with Gasteiger partial charge in [-0.25, -0.2) is 13.1 Å². The molecular weight excluding hydrogens is 358 g/mol. The van der Waals surface area contributed by atoms with E-state index in [4.69, 9.17) is 0 Å². The van der Waals surface area contributed by atoms with Gasteiger partial charge in [-0.05, 0) is 36.4 Å². The molecule has 108 valence electrons. The van der Waals surface area contributed by atoms with E-state index in [1.807, 2.05) is 4.72 Å². The lowest BCUT2D eigenvalue weighted by Gasteiger charge is -2.07. The highest BCUT2D eigenvalue weighted by Gasteiger charge is 2.18. The largest absolute Gasteiger partial charge is 0.298 e. The van der Waals surface area contributed by atoms with Gasteiger partial charge in [-0.2, -0.15) is 0 Å². The van der Waals surface area contributed by atoms with E-state index >= 15 is 0 Å². The van der Waals surface area contributed by atoms with Gasteiger partial charge in [0.05, 0.1) is 4.90 Å². The average molecular weight is 368 g/mol. The Kier molecular flexibility index (Phi) is 4.54. The summed E-state index contributed by atoms with van der Waals surface area (Å²) in [7, 11) is -3.93. The Hall–Kier alpha value is -1.99. The molecule has 1 N–H and O–H groups in total. The first-order chi connectivity index (χ1) is 9.92. The number of aldehydes is 1. The third-order valence-corrected chi connectivity index (χ3v) is 4.54. The maximum absolute atomic E-state index is 12.0. The second-order valence-corrected chi connectivity index (χ2v) is 6.73. The third-order valence-electron chi connectivity index (χ3n) is 2.66. The number of halogens is 1. The van der Waals surface area contributed by atoms with Crippen LogP contribution in [0.5, 0.6) is 0 Å². The Balaban J connectivity index is 2.21. The second-order valence-electron chi connectivity index (χ2n) is 4.13. The van der Waals surface area contributed by atoms with Crippen LogP contribution in [0.4, 0.5) is 0 Å². The first-order valence-electron chi connectivity index (χ1n) is 5.80. The minimum atomic E-state index is -3.93. The SMILES string of the molecule is O=Cc1ccc(C(=O)NS(=O)(=O)c2ccc(Br)cc2)cc1. The second kappa shape index (κ2) is 6.19. The molecule has 0 bridgehead atoms. The number of rotatable bonds is 4. The fourth-order valence-corrected chi connectivity index (χ4v) is 2.81. The lowest BCUT2D eigenvalue weighted by atomic mass is 10.1. The van der Waals surface area contributed by atoms with Crippen LogP contribution in [0.15, 0.2) is 57.9 Å². The molecule has 0 aromatic heterocycles. The standard InChI is InChI=1S/C14H10BrNO4S/c15-12-5-7-13(8-6-12)21(19,20)16-14(18)11-3-1-10(9-17)2-4-11/h1-9H,(H,16,18). The van der Waals surface area contributed by atoms with Crippen molar-refractivity contribution in [3.63, 3.8) is 0 Å². The van der Waals surface area contributed by atoms with Gasteiger partial charge in [-0.3, -0.25) is 9.59 Å². The highest BCUT2D eigenvalue weighted by Crippen LogP contribution is 2.15. The van der Waals surface area contributed by atoms with Gasteiger partial charge < -0.3 is 0 Å². The van der Waals surface area contributed by atoms with Crippen molar-refractivity contribution in [1.29, 1.82) is 0 Å². The Morgan fingerprint density at radius 3 is 2.10 bits per heavy atom. The number of carbonyl (C=O) groups excluding carboxylic acids is 2. The van der Waals surface area contributed by atoms with E-state index in [-0.39, 0.29) is 10.5 Å². The first-order valence-corrected chi connectivity index (χ1v) is 8.08. The fraction of sp³-hybridized carbons (Fsp3) is 0. The first kappa shape index (κ1) is 15.4. The van der Waals surface area contributed by atoms with Crippen molar-refractivity contribution in [2.75, 3.05) is 0 Å². The minimum Gasteiger partial charge on any atom is -0.298 e. The molecule has 0 aliphatic heterocycles. The van der Waals surface area contributed by atoms with Crippen molar-refractivity contribution >= 4 is 38.1 Å². The molecule has 0 fully saturated rings. The van der Waals surface area contributed by atoms with Crippen LogP contribution in [0.3, 0.4) is 0 Å². The van der Waals surface area contributed by atoms with E-state index in [0.717, 1.165) is 4.47 Å². The van der Waals surface area contributed by atoms with Crippen LogP contribution in [-0.4, -0.2) is 20.6 Å². The van der Waals surface area contributed by atoms with Gasteiger partial charge in [-0.15, -0.1) is 0 Å². The van der Waals surface area contributed by atoms with Gasteiger partial charge in [0, 0.05) is 15.6 Å². The Bertz CT molecular complexity index is 768. The molecular formula is C14H10BrNO4S. The lowest BCUT2D eigenvalue weighted by molar-refractivity contribution is 0.0980. The monoisotopic (exact) mass is 367 g/mol. The number of carbonyl (C=O) groups is 2. The van der Waals surface area contributed by atoms with Gasteiger partial charge >= 0.3 is 0 Å². The Labute approximate surface area is 130 Å². The summed E-state index contributed by atoms with van der Waals surface area (Å²) in [6.07, 6.45) is 0.639. The van der Waals surface area contributed by atoms with Crippen LogP contribution in [0.2, 0.25) is 0 Å². The molecule has 0 atom stereocenters. The summed E-state index contributed by atoms with van der Waals surface area (Å²) in [5.41, 5.74) is 0.559. The molecule has 0 aliphatic carbocycles.